The summed E-state index contributed by atoms with van der Waals surface area (Å²) in [6, 6.07) is 9.14. The SMILES string of the molecule is CCC1CCC(C#N)(Cc2cccc([N+](=O)[O-])c2)C1. The van der Waals surface area contributed by atoms with Gasteiger partial charge in [0.05, 0.1) is 16.4 Å². The fraction of sp³-hybridized carbons (Fsp3) is 0.533. The van der Waals surface area contributed by atoms with E-state index in [1.807, 2.05) is 6.07 Å². The van der Waals surface area contributed by atoms with Gasteiger partial charge in [0.2, 0.25) is 0 Å². The van der Waals surface area contributed by atoms with Gasteiger partial charge in [0.25, 0.3) is 5.69 Å². The Morgan fingerprint density at radius 1 is 1.58 bits per heavy atom. The quantitative estimate of drug-likeness (QED) is 0.608. The predicted octanol–water partition coefficient (Wildman–Crippen LogP) is 3.86. The van der Waals surface area contributed by atoms with E-state index in [0.717, 1.165) is 31.2 Å². The van der Waals surface area contributed by atoms with Crippen molar-refractivity contribution < 1.29 is 4.92 Å². The van der Waals surface area contributed by atoms with Crippen LogP contribution in [-0.4, -0.2) is 4.92 Å². The molecule has 0 radical (unpaired) electrons. The number of benzene rings is 1. The molecule has 1 fully saturated rings. The lowest BCUT2D eigenvalue weighted by molar-refractivity contribution is -0.384. The third kappa shape index (κ3) is 2.93. The molecule has 1 aliphatic carbocycles. The van der Waals surface area contributed by atoms with Crippen LogP contribution in [0, 0.1) is 32.8 Å². The number of nitriles is 1. The Morgan fingerprint density at radius 3 is 2.95 bits per heavy atom. The summed E-state index contributed by atoms with van der Waals surface area (Å²) in [7, 11) is 0. The number of hydrogen-bond acceptors (Lipinski definition) is 3. The summed E-state index contributed by atoms with van der Waals surface area (Å²) in [6.45, 7) is 2.16. The molecule has 2 unspecified atom stereocenters. The number of nitro benzene ring substituents is 1. The minimum atomic E-state index is -0.383. The first-order chi connectivity index (χ1) is 9.08. The normalized spacial score (nSPS) is 26.0. The number of nitrogens with zero attached hydrogens (tertiary/aromatic N) is 2. The zero-order valence-corrected chi connectivity index (χ0v) is 11.1. The second-order valence-corrected chi connectivity index (χ2v) is 5.51. The van der Waals surface area contributed by atoms with Crippen molar-refractivity contribution in [2.45, 2.75) is 39.0 Å². The smallest absolute Gasteiger partial charge is 0.258 e. The van der Waals surface area contributed by atoms with E-state index in [-0.39, 0.29) is 16.0 Å². The highest BCUT2D eigenvalue weighted by Crippen LogP contribution is 2.45. The molecule has 0 amide bonds. The van der Waals surface area contributed by atoms with E-state index >= 15 is 0 Å². The van der Waals surface area contributed by atoms with Crippen LogP contribution in [0.4, 0.5) is 5.69 Å². The van der Waals surface area contributed by atoms with Gasteiger partial charge >= 0.3 is 0 Å². The van der Waals surface area contributed by atoms with Crippen molar-refractivity contribution in [3.05, 3.63) is 39.9 Å². The van der Waals surface area contributed by atoms with Crippen molar-refractivity contribution in [3.8, 4) is 6.07 Å². The maximum atomic E-state index is 10.8. The molecule has 2 rings (SSSR count). The Bertz CT molecular complexity index is 521. The van der Waals surface area contributed by atoms with E-state index in [1.54, 1.807) is 12.1 Å². The summed E-state index contributed by atoms with van der Waals surface area (Å²) in [6.07, 6.45) is 4.66. The molecule has 19 heavy (non-hydrogen) atoms. The van der Waals surface area contributed by atoms with Crippen molar-refractivity contribution >= 4 is 5.69 Å². The van der Waals surface area contributed by atoms with Crippen LogP contribution in [-0.2, 0) is 6.42 Å². The van der Waals surface area contributed by atoms with Gasteiger partial charge in [0, 0.05) is 12.1 Å². The summed E-state index contributed by atoms with van der Waals surface area (Å²) in [5.74, 6) is 0.623. The van der Waals surface area contributed by atoms with Crippen LogP contribution in [0.15, 0.2) is 24.3 Å². The standard InChI is InChI=1S/C15H18N2O2/c1-2-12-6-7-15(9-12,11-16)10-13-4-3-5-14(8-13)17(18)19/h3-5,8,12H,2,6-7,9-10H2,1H3. The van der Waals surface area contributed by atoms with Gasteiger partial charge in [0.15, 0.2) is 0 Å². The van der Waals surface area contributed by atoms with Crippen molar-refractivity contribution in [3.63, 3.8) is 0 Å². The fourth-order valence-corrected chi connectivity index (χ4v) is 3.06. The average molecular weight is 258 g/mol. The van der Waals surface area contributed by atoms with Crippen LogP contribution < -0.4 is 0 Å². The third-order valence-electron chi connectivity index (χ3n) is 4.19. The van der Waals surface area contributed by atoms with Crippen LogP contribution in [0.5, 0.6) is 0 Å². The molecule has 1 aromatic rings. The maximum Gasteiger partial charge on any atom is 0.269 e. The molecule has 100 valence electrons. The van der Waals surface area contributed by atoms with Crippen LogP contribution >= 0.6 is 0 Å². The van der Waals surface area contributed by atoms with E-state index < -0.39 is 0 Å². The van der Waals surface area contributed by atoms with Crippen LogP contribution in [0.3, 0.4) is 0 Å². The average Bonchev–Trinajstić information content (AvgIpc) is 2.83. The van der Waals surface area contributed by atoms with Crippen LogP contribution in [0.25, 0.3) is 0 Å². The molecule has 0 bridgehead atoms. The molecule has 0 spiro atoms. The summed E-state index contributed by atoms with van der Waals surface area (Å²) >= 11 is 0. The van der Waals surface area contributed by atoms with Crippen LogP contribution in [0.2, 0.25) is 0 Å². The molecule has 0 aliphatic heterocycles. The molecule has 1 aromatic carbocycles. The summed E-state index contributed by atoms with van der Waals surface area (Å²) in [4.78, 5) is 10.4. The lowest BCUT2D eigenvalue weighted by atomic mass is 9.80. The van der Waals surface area contributed by atoms with E-state index in [9.17, 15) is 15.4 Å². The number of hydrogen-bond donors (Lipinski definition) is 0. The Morgan fingerprint density at radius 2 is 2.37 bits per heavy atom. The van der Waals surface area contributed by atoms with Gasteiger partial charge < -0.3 is 0 Å². The molecule has 0 N–H and O–H groups in total. The second kappa shape index (κ2) is 5.40. The lowest BCUT2D eigenvalue weighted by Crippen LogP contribution is -2.18. The van der Waals surface area contributed by atoms with Gasteiger partial charge in [-0.1, -0.05) is 25.5 Å². The Kier molecular flexibility index (Phi) is 3.84. The number of non-ortho nitro benzene ring substituents is 1. The van der Waals surface area contributed by atoms with Crippen LogP contribution in [0.1, 0.15) is 38.2 Å². The topological polar surface area (TPSA) is 66.9 Å². The van der Waals surface area contributed by atoms with E-state index in [0.29, 0.717) is 12.3 Å². The highest BCUT2D eigenvalue weighted by Gasteiger charge is 2.38. The zero-order valence-electron chi connectivity index (χ0n) is 11.1. The highest BCUT2D eigenvalue weighted by atomic mass is 16.6. The van der Waals surface area contributed by atoms with E-state index in [2.05, 4.69) is 13.0 Å². The Balaban J connectivity index is 2.18. The first kappa shape index (κ1) is 13.5. The van der Waals surface area contributed by atoms with Crippen molar-refractivity contribution in [2.24, 2.45) is 11.3 Å². The van der Waals surface area contributed by atoms with Gasteiger partial charge in [-0.3, -0.25) is 10.1 Å². The molecule has 0 saturated heterocycles. The molecular formula is C15H18N2O2. The predicted molar refractivity (Wildman–Crippen MR) is 72.5 cm³/mol. The van der Waals surface area contributed by atoms with E-state index in [1.165, 1.54) is 6.07 Å². The Hall–Kier alpha value is -1.89. The van der Waals surface area contributed by atoms with E-state index in [4.69, 9.17) is 0 Å². The number of nitro groups is 1. The monoisotopic (exact) mass is 258 g/mol. The summed E-state index contributed by atoms with van der Waals surface area (Å²) in [5.41, 5.74) is 0.679. The van der Waals surface area contributed by atoms with Crippen molar-refractivity contribution in [1.29, 1.82) is 5.26 Å². The first-order valence-electron chi connectivity index (χ1n) is 6.73. The fourth-order valence-electron chi connectivity index (χ4n) is 3.06. The minimum Gasteiger partial charge on any atom is -0.258 e. The lowest BCUT2D eigenvalue weighted by Gasteiger charge is -2.20. The van der Waals surface area contributed by atoms with Gasteiger partial charge in [-0.15, -0.1) is 0 Å². The minimum absolute atomic E-state index is 0.107. The highest BCUT2D eigenvalue weighted by molar-refractivity contribution is 5.35. The molecule has 0 aromatic heterocycles. The maximum absolute atomic E-state index is 10.8. The van der Waals surface area contributed by atoms with Gasteiger partial charge in [-0.2, -0.15) is 5.26 Å². The summed E-state index contributed by atoms with van der Waals surface area (Å²) < 4.78 is 0. The first-order valence-corrected chi connectivity index (χ1v) is 6.73. The third-order valence-corrected chi connectivity index (χ3v) is 4.19. The van der Waals surface area contributed by atoms with Crippen molar-refractivity contribution in [1.82, 2.24) is 0 Å². The second-order valence-electron chi connectivity index (χ2n) is 5.51. The molecule has 1 aliphatic rings. The zero-order chi connectivity index (χ0) is 13.9. The van der Waals surface area contributed by atoms with Gasteiger partial charge in [-0.25, -0.2) is 0 Å². The van der Waals surface area contributed by atoms with Gasteiger partial charge in [-0.05, 0) is 37.2 Å². The Labute approximate surface area is 113 Å². The van der Waals surface area contributed by atoms with Gasteiger partial charge in [0.1, 0.15) is 0 Å². The molecule has 4 nitrogen and oxygen atoms in total. The summed E-state index contributed by atoms with van der Waals surface area (Å²) in [5, 5.41) is 20.3. The largest absolute Gasteiger partial charge is 0.269 e. The molecule has 0 heterocycles. The number of rotatable bonds is 4. The molecule has 1 saturated carbocycles. The molecule has 4 heteroatoms. The van der Waals surface area contributed by atoms with Crippen molar-refractivity contribution in [2.75, 3.05) is 0 Å². The molecular weight excluding hydrogens is 240 g/mol. The molecule has 2 atom stereocenters.